The Kier molecular flexibility index (Phi) is 3.17. The molecule has 1 atom stereocenters. The standard InChI is InChI=1S/C16H25N/c1-3-5-17-15(4-2)16-13-7-11-6-12(9-13)10-14(16)8-11/h2,11-17H,3,5-10H2,1H3. The van der Waals surface area contributed by atoms with Crippen molar-refractivity contribution in [1.29, 1.82) is 0 Å². The summed E-state index contributed by atoms with van der Waals surface area (Å²) in [6.07, 6.45) is 14.4. The topological polar surface area (TPSA) is 12.0 Å². The second-order valence-corrected chi connectivity index (χ2v) is 6.61. The number of hydrogen-bond donors (Lipinski definition) is 1. The fourth-order valence-corrected chi connectivity index (χ4v) is 5.12. The van der Waals surface area contributed by atoms with Crippen molar-refractivity contribution in [3.63, 3.8) is 0 Å². The third kappa shape index (κ3) is 2.02. The number of terminal acetylenes is 1. The lowest BCUT2D eigenvalue weighted by molar-refractivity contribution is -0.0440. The van der Waals surface area contributed by atoms with E-state index < -0.39 is 0 Å². The van der Waals surface area contributed by atoms with Gasteiger partial charge in [0.05, 0.1) is 6.04 Å². The van der Waals surface area contributed by atoms with Crippen molar-refractivity contribution >= 4 is 0 Å². The van der Waals surface area contributed by atoms with E-state index in [0.717, 1.165) is 36.1 Å². The first-order valence-electron chi connectivity index (χ1n) is 7.51. The zero-order chi connectivity index (χ0) is 11.8. The molecule has 17 heavy (non-hydrogen) atoms. The highest BCUT2D eigenvalue weighted by atomic mass is 14.9. The average molecular weight is 231 g/mol. The first kappa shape index (κ1) is 11.6. The Bertz CT molecular complexity index is 286. The highest BCUT2D eigenvalue weighted by Crippen LogP contribution is 2.57. The molecule has 0 aromatic carbocycles. The quantitative estimate of drug-likeness (QED) is 0.733. The number of nitrogens with one attached hydrogen (secondary N) is 1. The van der Waals surface area contributed by atoms with Crippen molar-refractivity contribution in [2.24, 2.45) is 29.6 Å². The summed E-state index contributed by atoms with van der Waals surface area (Å²) in [5.41, 5.74) is 0. The van der Waals surface area contributed by atoms with Gasteiger partial charge in [0.15, 0.2) is 0 Å². The maximum atomic E-state index is 5.78. The second-order valence-electron chi connectivity index (χ2n) is 6.61. The lowest BCUT2D eigenvalue weighted by atomic mass is 9.50. The minimum atomic E-state index is 0.352. The lowest BCUT2D eigenvalue weighted by Crippen LogP contribution is -2.52. The fourth-order valence-electron chi connectivity index (χ4n) is 5.12. The van der Waals surface area contributed by atoms with Gasteiger partial charge in [-0.05, 0) is 74.7 Å². The fraction of sp³-hybridized carbons (Fsp3) is 0.875. The van der Waals surface area contributed by atoms with Gasteiger partial charge in [0.2, 0.25) is 0 Å². The van der Waals surface area contributed by atoms with Crippen LogP contribution >= 0.6 is 0 Å². The van der Waals surface area contributed by atoms with Crippen LogP contribution in [0.5, 0.6) is 0 Å². The first-order chi connectivity index (χ1) is 8.31. The highest BCUT2D eigenvalue weighted by Gasteiger charge is 2.50. The molecule has 0 amide bonds. The summed E-state index contributed by atoms with van der Waals surface area (Å²) in [5.74, 6) is 7.84. The minimum Gasteiger partial charge on any atom is -0.303 e. The Morgan fingerprint density at radius 1 is 1.12 bits per heavy atom. The molecule has 4 saturated carbocycles. The SMILES string of the molecule is C#CC(NCCC)C1C2CC3CC(C2)CC1C3. The van der Waals surface area contributed by atoms with E-state index in [1.54, 1.807) is 0 Å². The zero-order valence-corrected chi connectivity index (χ0v) is 11.0. The maximum absolute atomic E-state index is 5.78. The Morgan fingerprint density at radius 3 is 2.18 bits per heavy atom. The summed E-state index contributed by atoms with van der Waals surface area (Å²) >= 11 is 0. The zero-order valence-electron chi connectivity index (χ0n) is 11.0. The Balaban J connectivity index is 1.72. The molecule has 4 rings (SSSR count). The van der Waals surface area contributed by atoms with E-state index in [-0.39, 0.29) is 0 Å². The van der Waals surface area contributed by atoms with Gasteiger partial charge in [-0.25, -0.2) is 0 Å². The lowest BCUT2D eigenvalue weighted by Gasteiger charge is -2.55. The van der Waals surface area contributed by atoms with Crippen LogP contribution in [0.25, 0.3) is 0 Å². The Morgan fingerprint density at radius 2 is 1.71 bits per heavy atom. The van der Waals surface area contributed by atoms with Crippen molar-refractivity contribution in [3.05, 3.63) is 0 Å². The molecule has 0 heterocycles. The van der Waals surface area contributed by atoms with Gasteiger partial charge in [0, 0.05) is 0 Å². The van der Waals surface area contributed by atoms with Crippen LogP contribution in [0.15, 0.2) is 0 Å². The number of rotatable bonds is 4. The van der Waals surface area contributed by atoms with E-state index in [1.165, 1.54) is 38.5 Å². The van der Waals surface area contributed by atoms with Crippen molar-refractivity contribution in [2.45, 2.75) is 51.5 Å². The molecular weight excluding hydrogens is 206 g/mol. The second kappa shape index (κ2) is 4.65. The largest absolute Gasteiger partial charge is 0.303 e. The molecule has 1 nitrogen and oxygen atoms in total. The van der Waals surface area contributed by atoms with Gasteiger partial charge in [0.25, 0.3) is 0 Å². The third-order valence-corrected chi connectivity index (χ3v) is 5.48. The van der Waals surface area contributed by atoms with Crippen LogP contribution in [0.1, 0.15) is 45.4 Å². The molecule has 0 aromatic heterocycles. The van der Waals surface area contributed by atoms with Crippen molar-refractivity contribution < 1.29 is 0 Å². The molecule has 0 saturated heterocycles. The smallest absolute Gasteiger partial charge is 0.0720 e. The average Bonchev–Trinajstić information content (AvgIpc) is 2.31. The van der Waals surface area contributed by atoms with Gasteiger partial charge in [-0.2, -0.15) is 0 Å². The Labute approximate surface area is 106 Å². The van der Waals surface area contributed by atoms with Crippen LogP contribution in [0.2, 0.25) is 0 Å². The van der Waals surface area contributed by atoms with Gasteiger partial charge < -0.3 is 5.32 Å². The Hall–Kier alpha value is -0.480. The third-order valence-electron chi connectivity index (χ3n) is 5.48. The predicted molar refractivity (Wildman–Crippen MR) is 71.4 cm³/mol. The molecule has 0 aromatic rings. The summed E-state index contributed by atoms with van der Waals surface area (Å²) < 4.78 is 0. The molecule has 0 spiro atoms. The molecule has 1 heteroatoms. The number of hydrogen-bond acceptors (Lipinski definition) is 1. The van der Waals surface area contributed by atoms with Crippen LogP contribution in [-0.4, -0.2) is 12.6 Å². The normalized spacial score (nSPS) is 44.6. The van der Waals surface area contributed by atoms with E-state index in [2.05, 4.69) is 18.2 Å². The van der Waals surface area contributed by atoms with Gasteiger partial charge in [0.1, 0.15) is 0 Å². The molecule has 0 radical (unpaired) electrons. The molecule has 94 valence electrons. The summed E-state index contributed by atoms with van der Waals surface area (Å²) in [6.45, 7) is 3.30. The van der Waals surface area contributed by atoms with Gasteiger partial charge in [-0.1, -0.05) is 12.8 Å². The minimum absolute atomic E-state index is 0.352. The van der Waals surface area contributed by atoms with E-state index >= 15 is 0 Å². The molecule has 4 bridgehead atoms. The van der Waals surface area contributed by atoms with E-state index in [4.69, 9.17) is 6.42 Å². The molecule has 4 aliphatic carbocycles. The summed E-state index contributed by atoms with van der Waals surface area (Å²) in [6, 6.07) is 0.352. The first-order valence-corrected chi connectivity index (χ1v) is 7.51. The van der Waals surface area contributed by atoms with E-state index in [0.29, 0.717) is 6.04 Å². The van der Waals surface area contributed by atoms with Crippen LogP contribution < -0.4 is 5.32 Å². The van der Waals surface area contributed by atoms with Gasteiger partial charge in [-0.3, -0.25) is 0 Å². The maximum Gasteiger partial charge on any atom is 0.0720 e. The van der Waals surface area contributed by atoms with Gasteiger partial charge in [-0.15, -0.1) is 6.42 Å². The summed E-state index contributed by atoms with van der Waals surface area (Å²) in [7, 11) is 0. The van der Waals surface area contributed by atoms with Crippen LogP contribution in [0, 0.1) is 41.9 Å². The molecule has 0 aliphatic heterocycles. The van der Waals surface area contributed by atoms with Crippen molar-refractivity contribution in [3.8, 4) is 12.3 Å². The molecule has 4 aliphatic rings. The van der Waals surface area contributed by atoms with Crippen LogP contribution in [0.3, 0.4) is 0 Å². The van der Waals surface area contributed by atoms with E-state index in [1.807, 2.05) is 0 Å². The molecular formula is C16H25N. The predicted octanol–water partition coefficient (Wildman–Crippen LogP) is 3.06. The highest BCUT2D eigenvalue weighted by molar-refractivity contribution is 5.10. The monoisotopic (exact) mass is 231 g/mol. The molecule has 4 fully saturated rings. The van der Waals surface area contributed by atoms with Crippen LogP contribution in [-0.2, 0) is 0 Å². The summed E-state index contributed by atoms with van der Waals surface area (Å²) in [4.78, 5) is 0. The van der Waals surface area contributed by atoms with Crippen molar-refractivity contribution in [1.82, 2.24) is 5.32 Å². The molecule has 1 N–H and O–H groups in total. The summed E-state index contributed by atoms with van der Waals surface area (Å²) in [5, 5.41) is 3.61. The molecule has 1 unspecified atom stereocenters. The van der Waals surface area contributed by atoms with Gasteiger partial charge >= 0.3 is 0 Å². The van der Waals surface area contributed by atoms with E-state index in [9.17, 15) is 0 Å². The van der Waals surface area contributed by atoms with Crippen LogP contribution in [0.4, 0.5) is 0 Å². The van der Waals surface area contributed by atoms with Crippen molar-refractivity contribution in [2.75, 3.05) is 6.54 Å².